The van der Waals surface area contributed by atoms with Gasteiger partial charge in [-0.15, -0.1) is 0 Å². The van der Waals surface area contributed by atoms with Crippen LogP contribution in [0.15, 0.2) is 54.6 Å². The number of piperazine rings is 1. The van der Waals surface area contributed by atoms with Crippen LogP contribution in [0.3, 0.4) is 0 Å². The van der Waals surface area contributed by atoms with Crippen molar-refractivity contribution >= 4 is 11.6 Å². The largest absolute Gasteiger partial charge is 0.369 e. The van der Waals surface area contributed by atoms with Gasteiger partial charge in [0.15, 0.2) is 0 Å². The van der Waals surface area contributed by atoms with Crippen molar-refractivity contribution in [3.05, 3.63) is 65.7 Å². The highest BCUT2D eigenvalue weighted by atomic mass is 16.2. The molecule has 2 atom stereocenters. The van der Waals surface area contributed by atoms with Crippen LogP contribution in [-0.2, 0) is 4.79 Å². The van der Waals surface area contributed by atoms with Crippen LogP contribution in [0.5, 0.6) is 0 Å². The molecule has 26 heavy (non-hydrogen) atoms. The number of para-hydroxylation sites is 1. The fourth-order valence-corrected chi connectivity index (χ4v) is 3.59. The summed E-state index contributed by atoms with van der Waals surface area (Å²) >= 11 is 0. The Morgan fingerprint density at radius 1 is 0.923 bits per heavy atom. The van der Waals surface area contributed by atoms with Gasteiger partial charge in [0.1, 0.15) is 0 Å². The highest BCUT2D eigenvalue weighted by molar-refractivity contribution is 5.81. The van der Waals surface area contributed by atoms with E-state index in [4.69, 9.17) is 0 Å². The molecule has 1 amide bonds. The summed E-state index contributed by atoms with van der Waals surface area (Å²) in [6.45, 7) is 9.92. The van der Waals surface area contributed by atoms with Crippen molar-refractivity contribution in [3.63, 3.8) is 0 Å². The molecule has 4 nitrogen and oxygen atoms in total. The fourth-order valence-electron chi connectivity index (χ4n) is 3.59. The fraction of sp³-hybridized carbons (Fsp3) is 0.409. The van der Waals surface area contributed by atoms with Crippen LogP contribution in [0.2, 0.25) is 0 Å². The van der Waals surface area contributed by atoms with E-state index in [-0.39, 0.29) is 18.0 Å². The lowest BCUT2D eigenvalue weighted by Crippen LogP contribution is -2.54. The van der Waals surface area contributed by atoms with E-state index >= 15 is 0 Å². The molecule has 1 saturated heterocycles. The van der Waals surface area contributed by atoms with Crippen LogP contribution < -0.4 is 10.2 Å². The minimum absolute atomic E-state index is 0.0272. The number of hydrogen-bond acceptors (Lipinski definition) is 3. The summed E-state index contributed by atoms with van der Waals surface area (Å²) in [6, 6.07) is 18.5. The Labute approximate surface area is 156 Å². The SMILES string of the molecule is Cc1ccccc1N1CCN([C@H](C)C(=O)N[C@@H](C)c2ccccc2)CC1. The van der Waals surface area contributed by atoms with Crippen molar-refractivity contribution < 1.29 is 4.79 Å². The van der Waals surface area contributed by atoms with Crippen molar-refractivity contribution in [1.29, 1.82) is 0 Å². The minimum atomic E-state index is -0.111. The van der Waals surface area contributed by atoms with E-state index in [1.54, 1.807) is 0 Å². The summed E-state index contributed by atoms with van der Waals surface area (Å²) in [7, 11) is 0. The third kappa shape index (κ3) is 4.25. The quantitative estimate of drug-likeness (QED) is 0.897. The maximum absolute atomic E-state index is 12.7. The Morgan fingerprint density at radius 2 is 1.54 bits per heavy atom. The van der Waals surface area contributed by atoms with E-state index < -0.39 is 0 Å². The van der Waals surface area contributed by atoms with Gasteiger partial charge in [-0.3, -0.25) is 9.69 Å². The van der Waals surface area contributed by atoms with Crippen LogP contribution in [0, 0.1) is 6.92 Å². The highest BCUT2D eigenvalue weighted by Crippen LogP contribution is 2.21. The first-order valence-corrected chi connectivity index (χ1v) is 9.46. The average molecular weight is 351 g/mol. The molecule has 0 bridgehead atoms. The first-order valence-electron chi connectivity index (χ1n) is 9.46. The van der Waals surface area contributed by atoms with E-state index in [1.165, 1.54) is 11.3 Å². The molecule has 0 saturated carbocycles. The second-order valence-electron chi connectivity index (χ2n) is 7.13. The average Bonchev–Trinajstić information content (AvgIpc) is 2.68. The minimum Gasteiger partial charge on any atom is -0.369 e. The van der Waals surface area contributed by atoms with Crippen LogP contribution >= 0.6 is 0 Å². The zero-order chi connectivity index (χ0) is 18.5. The van der Waals surface area contributed by atoms with Gasteiger partial charge in [0, 0.05) is 31.9 Å². The van der Waals surface area contributed by atoms with Crippen molar-refractivity contribution in [3.8, 4) is 0 Å². The number of nitrogens with zero attached hydrogens (tertiary/aromatic N) is 2. The summed E-state index contributed by atoms with van der Waals surface area (Å²) < 4.78 is 0. The lowest BCUT2D eigenvalue weighted by molar-refractivity contribution is -0.126. The van der Waals surface area contributed by atoms with E-state index in [0.29, 0.717) is 0 Å². The van der Waals surface area contributed by atoms with Crippen LogP contribution in [0.4, 0.5) is 5.69 Å². The summed E-state index contributed by atoms with van der Waals surface area (Å²) in [5.74, 6) is 0.102. The van der Waals surface area contributed by atoms with Crippen LogP contribution in [0.25, 0.3) is 0 Å². The summed E-state index contributed by atoms with van der Waals surface area (Å²) in [5, 5.41) is 3.15. The molecular formula is C22H29N3O. The zero-order valence-electron chi connectivity index (χ0n) is 16.0. The number of amides is 1. The Bertz CT molecular complexity index is 723. The standard InChI is InChI=1S/C22H29N3O/c1-17-9-7-8-12-21(17)25-15-13-24(14-16-25)19(3)22(26)23-18(2)20-10-5-4-6-11-20/h4-12,18-19H,13-16H2,1-3H3,(H,23,26)/t18-,19+/m0/s1. The van der Waals surface area contributed by atoms with Gasteiger partial charge < -0.3 is 10.2 Å². The summed E-state index contributed by atoms with van der Waals surface area (Å²) in [6.07, 6.45) is 0. The van der Waals surface area contributed by atoms with Gasteiger partial charge in [-0.05, 0) is 38.0 Å². The molecule has 4 heteroatoms. The highest BCUT2D eigenvalue weighted by Gasteiger charge is 2.26. The monoisotopic (exact) mass is 351 g/mol. The van der Waals surface area contributed by atoms with Gasteiger partial charge in [0.25, 0.3) is 0 Å². The molecule has 0 spiro atoms. The predicted octanol–water partition coefficient (Wildman–Crippen LogP) is 3.38. The van der Waals surface area contributed by atoms with E-state index in [0.717, 1.165) is 31.7 Å². The van der Waals surface area contributed by atoms with Crippen LogP contribution in [0.1, 0.15) is 31.0 Å². The number of carbonyl (C=O) groups excluding carboxylic acids is 1. The molecule has 1 aliphatic rings. The Morgan fingerprint density at radius 3 is 2.19 bits per heavy atom. The van der Waals surface area contributed by atoms with Crippen molar-refractivity contribution in [1.82, 2.24) is 10.2 Å². The normalized spacial score (nSPS) is 17.6. The van der Waals surface area contributed by atoms with E-state index in [1.807, 2.05) is 32.0 Å². The molecule has 2 aromatic carbocycles. The number of benzene rings is 2. The summed E-state index contributed by atoms with van der Waals surface area (Å²) in [4.78, 5) is 17.4. The molecule has 1 N–H and O–H groups in total. The van der Waals surface area contributed by atoms with Gasteiger partial charge in [-0.1, -0.05) is 48.5 Å². The molecule has 2 aromatic rings. The third-order valence-corrected chi connectivity index (χ3v) is 5.36. The van der Waals surface area contributed by atoms with Crippen molar-refractivity contribution in [2.75, 3.05) is 31.1 Å². The number of hydrogen-bond donors (Lipinski definition) is 1. The Hall–Kier alpha value is -2.33. The number of carbonyl (C=O) groups is 1. The molecule has 138 valence electrons. The van der Waals surface area contributed by atoms with Gasteiger partial charge in [0.2, 0.25) is 5.91 Å². The lowest BCUT2D eigenvalue weighted by Gasteiger charge is -2.39. The van der Waals surface area contributed by atoms with Crippen molar-refractivity contribution in [2.24, 2.45) is 0 Å². The first-order chi connectivity index (χ1) is 12.6. The molecule has 1 heterocycles. The second-order valence-corrected chi connectivity index (χ2v) is 7.13. The maximum Gasteiger partial charge on any atom is 0.237 e. The smallest absolute Gasteiger partial charge is 0.237 e. The molecule has 0 aliphatic carbocycles. The Kier molecular flexibility index (Phi) is 5.94. The van der Waals surface area contributed by atoms with Crippen molar-refractivity contribution in [2.45, 2.75) is 32.9 Å². The van der Waals surface area contributed by atoms with E-state index in [2.05, 4.69) is 58.4 Å². The Balaban J connectivity index is 1.54. The van der Waals surface area contributed by atoms with Gasteiger partial charge in [0.05, 0.1) is 12.1 Å². The molecule has 0 unspecified atom stereocenters. The molecular weight excluding hydrogens is 322 g/mol. The second kappa shape index (κ2) is 8.37. The van der Waals surface area contributed by atoms with Gasteiger partial charge in [-0.25, -0.2) is 0 Å². The number of rotatable bonds is 5. The number of aryl methyl sites for hydroxylation is 1. The maximum atomic E-state index is 12.7. The molecule has 3 rings (SSSR count). The summed E-state index contributed by atoms with van der Waals surface area (Å²) in [5.41, 5.74) is 3.75. The molecule has 1 fully saturated rings. The predicted molar refractivity (Wildman–Crippen MR) is 107 cm³/mol. The molecule has 0 radical (unpaired) electrons. The van der Waals surface area contributed by atoms with Gasteiger partial charge >= 0.3 is 0 Å². The lowest BCUT2D eigenvalue weighted by atomic mass is 10.1. The number of anilines is 1. The number of nitrogens with one attached hydrogen (secondary N) is 1. The molecule has 0 aromatic heterocycles. The van der Waals surface area contributed by atoms with Gasteiger partial charge in [-0.2, -0.15) is 0 Å². The molecule has 1 aliphatic heterocycles. The van der Waals surface area contributed by atoms with E-state index in [9.17, 15) is 4.79 Å². The van der Waals surface area contributed by atoms with Crippen LogP contribution in [-0.4, -0.2) is 43.0 Å². The topological polar surface area (TPSA) is 35.6 Å². The third-order valence-electron chi connectivity index (χ3n) is 5.36. The zero-order valence-corrected chi connectivity index (χ0v) is 16.0. The first kappa shape index (κ1) is 18.5.